The predicted molar refractivity (Wildman–Crippen MR) is 106 cm³/mol. The lowest BCUT2D eigenvalue weighted by atomic mass is 10.1. The number of rotatable bonds is 3. The number of hydrogen-bond donors (Lipinski definition) is 3. The molecule has 0 fully saturated rings. The number of nitrogen functional groups attached to an aromatic ring is 1. The summed E-state index contributed by atoms with van der Waals surface area (Å²) in [6, 6.07) is 8.78. The average molecular weight is 359 g/mol. The Bertz CT molecular complexity index is 781. The third kappa shape index (κ3) is 4.82. The number of nitrogens with two attached hydrogens (primary N) is 1. The van der Waals surface area contributed by atoms with Crippen molar-refractivity contribution < 1.29 is 9.90 Å². The van der Waals surface area contributed by atoms with Gasteiger partial charge in [-0.25, -0.2) is 4.79 Å². The van der Waals surface area contributed by atoms with E-state index in [-0.39, 0.29) is 5.56 Å². The van der Waals surface area contributed by atoms with Crippen LogP contribution in [0.5, 0.6) is 0 Å². The topological polar surface area (TPSA) is 87.7 Å². The lowest BCUT2D eigenvalue weighted by molar-refractivity contribution is 0.0697. The molecule has 25 heavy (non-hydrogen) atoms. The van der Waals surface area contributed by atoms with Crippen molar-refractivity contribution in [3.05, 3.63) is 46.3 Å². The van der Waals surface area contributed by atoms with Crippen molar-refractivity contribution in [3.63, 3.8) is 0 Å². The molecule has 3 rings (SSSR count). The molecule has 0 bridgehead atoms. The average Bonchev–Trinajstić information content (AvgIpc) is 2.99. The van der Waals surface area contributed by atoms with Crippen LogP contribution in [0.15, 0.2) is 35.3 Å². The van der Waals surface area contributed by atoms with E-state index in [1.165, 1.54) is 27.6 Å². The van der Waals surface area contributed by atoms with Crippen LogP contribution in [-0.2, 0) is 6.42 Å². The molecule has 4 N–H and O–H groups in total. The Balaban J connectivity index is 0.000000196. The number of aryl methyl sites for hydroxylation is 1. The Hall–Kier alpha value is -2.34. The van der Waals surface area contributed by atoms with E-state index in [9.17, 15) is 4.79 Å². The van der Waals surface area contributed by atoms with Gasteiger partial charge in [0.1, 0.15) is 5.84 Å². The van der Waals surface area contributed by atoms with Gasteiger partial charge in [0.2, 0.25) is 0 Å². The molecule has 0 aliphatic carbocycles. The first kappa shape index (κ1) is 19.0. The molecule has 0 saturated heterocycles. The summed E-state index contributed by atoms with van der Waals surface area (Å²) in [7, 11) is 0. The van der Waals surface area contributed by atoms with Gasteiger partial charge in [-0.15, -0.1) is 11.3 Å². The predicted octanol–water partition coefficient (Wildman–Crippen LogP) is 4.82. The highest BCUT2D eigenvalue weighted by Crippen LogP contribution is 2.37. The zero-order valence-corrected chi connectivity index (χ0v) is 15.9. The number of benzene rings is 1. The number of amidine groups is 1. The summed E-state index contributed by atoms with van der Waals surface area (Å²) in [6.07, 6.45) is 1.11. The molecule has 0 spiro atoms. The van der Waals surface area contributed by atoms with E-state index in [1.807, 2.05) is 11.3 Å². The van der Waals surface area contributed by atoms with Crippen LogP contribution >= 0.6 is 11.3 Å². The monoisotopic (exact) mass is 359 g/mol. The molecule has 1 atom stereocenters. The van der Waals surface area contributed by atoms with Gasteiger partial charge in [-0.2, -0.15) is 0 Å². The lowest BCUT2D eigenvalue weighted by Crippen LogP contribution is -2.23. The van der Waals surface area contributed by atoms with Gasteiger partial charge in [0.15, 0.2) is 0 Å². The smallest absolute Gasteiger partial charge is 0.335 e. The van der Waals surface area contributed by atoms with Crippen LogP contribution in [0.4, 0.5) is 10.7 Å². The number of aliphatic imine (C=N–C) groups is 1. The van der Waals surface area contributed by atoms with Crippen molar-refractivity contribution in [1.29, 1.82) is 0 Å². The summed E-state index contributed by atoms with van der Waals surface area (Å²) >= 11 is 1.87. The molecule has 0 radical (unpaired) electrons. The van der Waals surface area contributed by atoms with E-state index in [0.29, 0.717) is 17.6 Å². The van der Waals surface area contributed by atoms with Crippen LogP contribution in [0.3, 0.4) is 0 Å². The SMILES string of the molecule is CCc1cc2c(s1)NC(C(C)C)=NC2C.Nc1cccc(C(=O)O)c1. The first-order valence-corrected chi connectivity index (χ1v) is 9.19. The number of nitrogens with zero attached hydrogens (tertiary/aromatic N) is 1. The summed E-state index contributed by atoms with van der Waals surface area (Å²) in [4.78, 5) is 16.4. The number of nitrogens with one attached hydrogen (secondary N) is 1. The summed E-state index contributed by atoms with van der Waals surface area (Å²) in [5.41, 5.74) is 7.39. The molecule has 5 nitrogen and oxygen atoms in total. The van der Waals surface area contributed by atoms with Crippen LogP contribution in [-0.4, -0.2) is 16.9 Å². The highest BCUT2D eigenvalue weighted by molar-refractivity contribution is 7.16. The minimum atomic E-state index is -0.952. The molecule has 2 aromatic rings. The van der Waals surface area contributed by atoms with Gasteiger partial charge in [0.05, 0.1) is 16.6 Å². The maximum atomic E-state index is 10.3. The van der Waals surface area contributed by atoms with E-state index in [4.69, 9.17) is 10.8 Å². The zero-order valence-electron chi connectivity index (χ0n) is 15.0. The molecule has 0 saturated carbocycles. The first-order valence-electron chi connectivity index (χ1n) is 8.38. The Morgan fingerprint density at radius 3 is 2.64 bits per heavy atom. The number of aromatic carboxylic acids is 1. The minimum Gasteiger partial charge on any atom is -0.478 e. The number of anilines is 2. The van der Waals surface area contributed by atoms with Gasteiger partial charge in [-0.3, -0.25) is 4.99 Å². The highest BCUT2D eigenvalue weighted by Gasteiger charge is 2.21. The number of fused-ring (bicyclic) bond motifs is 1. The summed E-state index contributed by atoms with van der Waals surface area (Å²) in [6.45, 7) is 8.73. The molecule has 1 aromatic carbocycles. The van der Waals surface area contributed by atoms with E-state index >= 15 is 0 Å². The van der Waals surface area contributed by atoms with Gasteiger partial charge in [-0.05, 0) is 37.6 Å². The number of carbonyl (C=O) groups is 1. The normalized spacial score (nSPS) is 15.6. The van der Waals surface area contributed by atoms with Crippen molar-refractivity contribution in [2.24, 2.45) is 10.9 Å². The van der Waals surface area contributed by atoms with E-state index in [1.54, 1.807) is 12.1 Å². The van der Waals surface area contributed by atoms with Crippen molar-refractivity contribution in [3.8, 4) is 0 Å². The summed E-state index contributed by atoms with van der Waals surface area (Å²) in [5.74, 6) is 0.652. The maximum absolute atomic E-state index is 10.3. The van der Waals surface area contributed by atoms with Crippen molar-refractivity contribution >= 4 is 33.8 Å². The second-order valence-corrected chi connectivity index (χ2v) is 7.39. The molecule has 2 heterocycles. The van der Waals surface area contributed by atoms with Crippen molar-refractivity contribution in [2.75, 3.05) is 11.1 Å². The molecule has 1 aromatic heterocycles. The summed E-state index contributed by atoms with van der Waals surface area (Å²) in [5, 5.41) is 13.2. The van der Waals surface area contributed by atoms with Crippen LogP contribution < -0.4 is 11.1 Å². The third-order valence-corrected chi connectivity index (χ3v) is 5.08. The molecule has 0 amide bonds. The van der Waals surface area contributed by atoms with Gasteiger partial charge >= 0.3 is 5.97 Å². The standard InChI is InChI=1S/C12H18N2S.C7H7NO2/c1-5-9-6-10-8(4)13-11(7(2)3)14-12(10)15-9;8-6-3-1-2-5(4-6)7(9)10/h6-8H,5H2,1-4H3,(H,13,14);1-4H,8H2,(H,9,10). The van der Waals surface area contributed by atoms with Crippen LogP contribution in [0.2, 0.25) is 0 Å². The Morgan fingerprint density at radius 2 is 2.12 bits per heavy atom. The number of carboxylic acid groups (broad SMARTS) is 1. The van der Waals surface area contributed by atoms with E-state index < -0.39 is 5.97 Å². The van der Waals surface area contributed by atoms with Crippen LogP contribution in [0.25, 0.3) is 0 Å². The van der Waals surface area contributed by atoms with Gasteiger partial charge in [0, 0.05) is 22.0 Å². The van der Waals surface area contributed by atoms with Gasteiger partial charge in [-0.1, -0.05) is 26.8 Å². The van der Waals surface area contributed by atoms with Gasteiger partial charge < -0.3 is 16.2 Å². The maximum Gasteiger partial charge on any atom is 0.335 e. The Labute approximate surface area is 152 Å². The van der Waals surface area contributed by atoms with Crippen LogP contribution in [0.1, 0.15) is 54.5 Å². The lowest BCUT2D eigenvalue weighted by Gasteiger charge is -2.21. The molecular weight excluding hydrogens is 334 g/mol. The molecule has 6 heteroatoms. The minimum absolute atomic E-state index is 0.222. The third-order valence-electron chi connectivity index (χ3n) is 3.87. The van der Waals surface area contributed by atoms with Crippen molar-refractivity contribution in [2.45, 2.75) is 40.2 Å². The zero-order chi connectivity index (χ0) is 18.6. The fourth-order valence-corrected chi connectivity index (χ4v) is 3.53. The second kappa shape index (κ2) is 8.16. The van der Waals surface area contributed by atoms with E-state index in [2.05, 4.69) is 44.1 Å². The van der Waals surface area contributed by atoms with Gasteiger partial charge in [0.25, 0.3) is 0 Å². The molecular formula is C19H25N3O2S. The fraction of sp³-hybridized carbons (Fsp3) is 0.368. The number of carboxylic acids is 1. The molecule has 134 valence electrons. The van der Waals surface area contributed by atoms with E-state index in [0.717, 1.165) is 12.3 Å². The summed E-state index contributed by atoms with van der Waals surface area (Å²) < 4.78 is 0. The highest BCUT2D eigenvalue weighted by atomic mass is 32.1. The Morgan fingerprint density at radius 1 is 1.40 bits per heavy atom. The molecule has 1 aliphatic heterocycles. The molecule has 1 aliphatic rings. The number of hydrogen-bond acceptors (Lipinski definition) is 5. The Kier molecular flexibility index (Phi) is 6.20. The van der Waals surface area contributed by atoms with Crippen LogP contribution in [0, 0.1) is 5.92 Å². The second-order valence-electron chi connectivity index (χ2n) is 6.25. The largest absolute Gasteiger partial charge is 0.478 e. The quantitative estimate of drug-likeness (QED) is 0.686. The van der Waals surface area contributed by atoms with Crippen molar-refractivity contribution in [1.82, 2.24) is 0 Å². The molecule has 1 unspecified atom stereocenters. The number of thiophene rings is 1. The first-order chi connectivity index (χ1) is 11.8. The fourth-order valence-electron chi connectivity index (χ4n) is 2.43.